The van der Waals surface area contributed by atoms with E-state index >= 15 is 0 Å². The second-order valence-electron chi connectivity index (χ2n) is 5.63. The first-order chi connectivity index (χ1) is 10.6. The Bertz CT molecular complexity index is 441. The fourth-order valence-corrected chi connectivity index (χ4v) is 2.65. The minimum absolute atomic E-state index is 0.353. The number of aliphatic hydroxyl groups is 1. The van der Waals surface area contributed by atoms with Crippen LogP contribution in [0.3, 0.4) is 0 Å². The molecule has 1 aliphatic rings. The Labute approximate surface area is 137 Å². The predicted octanol–water partition coefficient (Wildman–Crippen LogP) is 1.34. The summed E-state index contributed by atoms with van der Waals surface area (Å²) in [6.07, 6.45) is -0.353. The van der Waals surface area contributed by atoms with E-state index in [0.29, 0.717) is 24.7 Å². The van der Waals surface area contributed by atoms with Gasteiger partial charge in [0.05, 0.1) is 19.3 Å². The van der Waals surface area contributed by atoms with Gasteiger partial charge in [0.15, 0.2) is 0 Å². The van der Waals surface area contributed by atoms with Gasteiger partial charge in [0.2, 0.25) is 0 Å². The summed E-state index contributed by atoms with van der Waals surface area (Å²) >= 11 is 5.91. The lowest BCUT2D eigenvalue weighted by atomic mass is 10.3. The molecule has 22 heavy (non-hydrogen) atoms. The highest BCUT2D eigenvalue weighted by molar-refractivity contribution is 6.30. The highest BCUT2D eigenvalue weighted by Gasteiger charge is 2.16. The van der Waals surface area contributed by atoms with Crippen LogP contribution in [0.25, 0.3) is 0 Å². The van der Waals surface area contributed by atoms with Gasteiger partial charge in [-0.15, -0.1) is 0 Å². The number of ether oxygens (including phenoxy) is 2. The van der Waals surface area contributed by atoms with Crippen LogP contribution in [0.2, 0.25) is 5.02 Å². The Kier molecular flexibility index (Phi) is 7.42. The van der Waals surface area contributed by atoms with Crippen molar-refractivity contribution in [3.05, 3.63) is 29.3 Å². The van der Waals surface area contributed by atoms with Gasteiger partial charge in [-0.1, -0.05) is 17.7 Å². The van der Waals surface area contributed by atoms with Gasteiger partial charge >= 0.3 is 0 Å². The molecule has 0 amide bonds. The maximum atomic E-state index is 10.1. The molecule has 0 saturated carbocycles. The standard InChI is InChI=1S/C16H25ClN2O3/c1-18(5-10-22-16-4-2-3-14(17)11-16)12-15(20)13-19-6-8-21-9-7-19/h2-4,11,15,20H,5-10,12-13H2,1H3. The van der Waals surface area contributed by atoms with E-state index in [-0.39, 0.29) is 6.10 Å². The fraction of sp³-hybridized carbons (Fsp3) is 0.625. The fourth-order valence-electron chi connectivity index (χ4n) is 2.47. The van der Waals surface area contributed by atoms with Crippen molar-refractivity contribution in [1.82, 2.24) is 9.80 Å². The first-order valence-corrected chi connectivity index (χ1v) is 8.06. The van der Waals surface area contributed by atoms with Crippen LogP contribution in [-0.4, -0.2) is 80.6 Å². The number of halogens is 1. The van der Waals surface area contributed by atoms with Crippen molar-refractivity contribution < 1.29 is 14.6 Å². The minimum atomic E-state index is -0.353. The number of hydrogen-bond donors (Lipinski definition) is 1. The molecular weight excluding hydrogens is 304 g/mol. The lowest BCUT2D eigenvalue weighted by Gasteiger charge is -2.30. The molecule has 1 aromatic rings. The summed E-state index contributed by atoms with van der Waals surface area (Å²) in [5, 5.41) is 10.8. The van der Waals surface area contributed by atoms with Crippen molar-refractivity contribution in [2.24, 2.45) is 0 Å². The largest absolute Gasteiger partial charge is 0.492 e. The van der Waals surface area contributed by atoms with Crippen LogP contribution in [0.1, 0.15) is 0 Å². The Morgan fingerprint density at radius 2 is 2.18 bits per heavy atom. The summed E-state index contributed by atoms with van der Waals surface area (Å²) in [6.45, 7) is 5.98. The van der Waals surface area contributed by atoms with E-state index in [1.807, 2.05) is 25.2 Å². The van der Waals surface area contributed by atoms with Gasteiger partial charge in [-0.25, -0.2) is 0 Å². The van der Waals surface area contributed by atoms with Gasteiger partial charge < -0.3 is 19.5 Å². The van der Waals surface area contributed by atoms with Gasteiger partial charge in [0.25, 0.3) is 0 Å². The highest BCUT2D eigenvalue weighted by atomic mass is 35.5. The molecule has 1 unspecified atom stereocenters. The summed E-state index contributed by atoms with van der Waals surface area (Å²) in [4.78, 5) is 4.32. The van der Waals surface area contributed by atoms with Crippen molar-refractivity contribution in [3.8, 4) is 5.75 Å². The molecule has 1 aliphatic heterocycles. The normalized spacial score (nSPS) is 17.6. The molecule has 1 saturated heterocycles. The molecule has 0 aliphatic carbocycles. The summed E-state index contributed by atoms with van der Waals surface area (Å²) in [5.74, 6) is 0.773. The Balaban J connectivity index is 1.61. The molecule has 1 aromatic carbocycles. The van der Waals surface area contributed by atoms with Gasteiger partial charge in [-0.3, -0.25) is 4.90 Å². The van der Waals surface area contributed by atoms with Gasteiger partial charge in [-0.05, 0) is 25.2 Å². The molecule has 124 valence electrons. The second kappa shape index (κ2) is 9.33. The lowest BCUT2D eigenvalue weighted by molar-refractivity contribution is 0.00812. The van der Waals surface area contributed by atoms with E-state index in [1.54, 1.807) is 6.07 Å². The van der Waals surface area contributed by atoms with Crippen LogP contribution in [0.15, 0.2) is 24.3 Å². The summed E-state index contributed by atoms with van der Waals surface area (Å²) < 4.78 is 11.0. The Hall–Kier alpha value is -0.850. The molecular formula is C16H25ClN2O3. The minimum Gasteiger partial charge on any atom is -0.492 e. The van der Waals surface area contributed by atoms with Crippen molar-refractivity contribution in [2.75, 3.05) is 59.6 Å². The highest BCUT2D eigenvalue weighted by Crippen LogP contribution is 2.16. The average molecular weight is 329 g/mol. The first-order valence-electron chi connectivity index (χ1n) is 7.68. The number of nitrogens with zero attached hydrogens (tertiary/aromatic N) is 2. The molecule has 1 heterocycles. The third-order valence-electron chi connectivity index (χ3n) is 3.63. The third kappa shape index (κ3) is 6.50. The number of likely N-dealkylation sites (N-methyl/N-ethyl adjacent to an activating group) is 1. The summed E-state index contributed by atoms with van der Waals surface area (Å²) in [7, 11) is 1.99. The van der Waals surface area contributed by atoms with E-state index in [2.05, 4.69) is 9.80 Å². The molecule has 1 N–H and O–H groups in total. The Morgan fingerprint density at radius 1 is 1.41 bits per heavy atom. The van der Waals surface area contributed by atoms with Crippen LogP contribution in [0, 0.1) is 0 Å². The van der Waals surface area contributed by atoms with Gasteiger partial charge in [0, 0.05) is 37.7 Å². The van der Waals surface area contributed by atoms with Gasteiger partial charge in [0.1, 0.15) is 12.4 Å². The van der Waals surface area contributed by atoms with Crippen LogP contribution in [0.5, 0.6) is 5.75 Å². The average Bonchev–Trinajstić information content (AvgIpc) is 2.48. The smallest absolute Gasteiger partial charge is 0.120 e. The SMILES string of the molecule is CN(CCOc1cccc(Cl)c1)CC(O)CN1CCOCC1. The van der Waals surface area contributed by atoms with Crippen molar-refractivity contribution in [1.29, 1.82) is 0 Å². The number of morpholine rings is 1. The quantitative estimate of drug-likeness (QED) is 0.780. The second-order valence-corrected chi connectivity index (χ2v) is 6.07. The van der Waals surface area contributed by atoms with Crippen LogP contribution in [0.4, 0.5) is 0 Å². The molecule has 0 spiro atoms. The third-order valence-corrected chi connectivity index (χ3v) is 3.87. The number of β-amino-alcohol motifs (C(OH)–C–C–N with tert-alkyl or cyclic N) is 1. The van der Waals surface area contributed by atoms with Crippen molar-refractivity contribution >= 4 is 11.6 Å². The zero-order valence-electron chi connectivity index (χ0n) is 13.1. The Morgan fingerprint density at radius 3 is 2.91 bits per heavy atom. The zero-order chi connectivity index (χ0) is 15.8. The predicted molar refractivity (Wildman–Crippen MR) is 87.7 cm³/mol. The maximum Gasteiger partial charge on any atom is 0.120 e. The van der Waals surface area contributed by atoms with E-state index in [9.17, 15) is 5.11 Å². The monoisotopic (exact) mass is 328 g/mol. The number of benzene rings is 1. The molecule has 1 atom stereocenters. The maximum absolute atomic E-state index is 10.1. The molecule has 0 radical (unpaired) electrons. The molecule has 1 fully saturated rings. The first kappa shape index (κ1) is 17.5. The van der Waals surface area contributed by atoms with Crippen LogP contribution in [-0.2, 0) is 4.74 Å². The number of hydrogen-bond acceptors (Lipinski definition) is 5. The molecule has 2 rings (SSSR count). The van der Waals surface area contributed by atoms with Crippen LogP contribution >= 0.6 is 11.6 Å². The van der Waals surface area contributed by atoms with E-state index in [4.69, 9.17) is 21.1 Å². The zero-order valence-corrected chi connectivity index (χ0v) is 13.8. The molecule has 5 nitrogen and oxygen atoms in total. The van der Waals surface area contributed by atoms with Crippen molar-refractivity contribution in [2.45, 2.75) is 6.10 Å². The van der Waals surface area contributed by atoms with Crippen molar-refractivity contribution in [3.63, 3.8) is 0 Å². The molecule has 6 heteroatoms. The van der Waals surface area contributed by atoms with Gasteiger partial charge in [-0.2, -0.15) is 0 Å². The topological polar surface area (TPSA) is 45.2 Å². The summed E-state index contributed by atoms with van der Waals surface area (Å²) in [5.41, 5.74) is 0. The van der Waals surface area contributed by atoms with E-state index < -0.39 is 0 Å². The van der Waals surface area contributed by atoms with Crippen LogP contribution < -0.4 is 4.74 Å². The molecule has 0 aromatic heterocycles. The lowest BCUT2D eigenvalue weighted by Crippen LogP contribution is -2.44. The van der Waals surface area contributed by atoms with E-state index in [1.165, 1.54) is 0 Å². The van der Waals surface area contributed by atoms with E-state index in [0.717, 1.165) is 38.6 Å². The molecule has 0 bridgehead atoms. The number of rotatable bonds is 8. The number of aliphatic hydroxyl groups excluding tert-OH is 1. The summed E-state index contributed by atoms with van der Waals surface area (Å²) in [6, 6.07) is 7.38.